The predicted octanol–water partition coefficient (Wildman–Crippen LogP) is 3.82. The van der Waals surface area contributed by atoms with E-state index in [0.29, 0.717) is 0 Å². The van der Waals surface area contributed by atoms with Crippen molar-refractivity contribution in [2.45, 2.75) is 19.3 Å². The molecule has 88 valence electrons. The number of alkyl halides is 1. The van der Waals surface area contributed by atoms with Crippen molar-refractivity contribution < 1.29 is 17.1 Å². The molecule has 0 atom stereocenters. The average molecular weight is 277 g/mol. The van der Waals surface area contributed by atoms with Crippen LogP contribution in [-0.4, -0.2) is 5.88 Å². The van der Waals surface area contributed by atoms with E-state index in [0.717, 1.165) is 12.3 Å². The fourth-order valence-electron chi connectivity index (χ4n) is 1.32. The molecule has 2 saturated carbocycles. The molecule has 2 heteroatoms. The summed E-state index contributed by atoms with van der Waals surface area (Å²) in [6, 6.07) is 0. The minimum atomic E-state index is 0. The number of unbranched alkanes of at least 4 members (excludes halogenated alkanes) is 1. The Hall–Kier alpha value is 0.809. The first-order valence-electron chi connectivity index (χ1n) is 5.36. The molecule has 16 heavy (non-hydrogen) atoms. The Kier molecular flexibility index (Phi) is 12.9. The molecule has 0 aliphatic heterocycles. The summed E-state index contributed by atoms with van der Waals surface area (Å²) < 4.78 is 0. The number of hydrogen-bond acceptors (Lipinski definition) is 0. The van der Waals surface area contributed by atoms with Gasteiger partial charge in [0.1, 0.15) is 0 Å². The number of halogens is 1. The van der Waals surface area contributed by atoms with Gasteiger partial charge in [-0.3, -0.25) is 0 Å². The second kappa shape index (κ2) is 12.3. The molecule has 2 fully saturated rings. The summed E-state index contributed by atoms with van der Waals surface area (Å²) in [5, 5.41) is 0. The minimum absolute atomic E-state index is 0. The van der Waals surface area contributed by atoms with Crippen molar-refractivity contribution in [1.29, 1.82) is 0 Å². The van der Waals surface area contributed by atoms with E-state index in [-0.39, 0.29) is 17.1 Å². The van der Waals surface area contributed by atoms with Crippen LogP contribution in [0, 0.1) is 63.7 Å². The van der Waals surface area contributed by atoms with Crippen LogP contribution in [-0.2, 0) is 17.1 Å². The molecule has 0 nitrogen and oxygen atoms in total. The third-order valence-corrected chi connectivity index (χ3v) is 2.40. The van der Waals surface area contributed by atoms with Gasteiger partial charge in [0, 0.05) is 22.9 Å². The van der Waals surface area contributed by atoms with Gasteiger partial charge in [0.15, 0.2) is 0 Å². The molecular weight excluding hydrogens is 259 g/mol. The molecule has 0 aromatic heterocycles. The van der Waals surface area contributed by atoms with Crippen LogP contribution in [0.4, 0.5) is 0 Å². The van der Waals surface area contributed by atoms with Gasteiger partial charge in [-0.05, 0) is 76.5 Å². The van der Waals surface area contributed by atoms with Gasteiger partial charge >= 0.3 is 0 Å². The molecule has 0 saturated heterocycles. The van der Waals surface area contributed by atoms with Gasteiger partial charge in [-0.1, -0.05) is 6.42 Å². The molecule has 0 spiro atoms. The first-order valence-corrected chi connectivity index (χ1v) is 5.90. The summed E-state index contributed by atoms with van der Waals surface area (Å²) in [5.74, 6) is 2.23. The molecular formula is C14H17ClFe. The molecule has 0 N–H and O–H groups in total. The molecule has 2 aliphatic rings. The first-order chi connectivity index (χ1) is 7.43. The summed E-state index contributed by atoms with van der Waals surface area (Å²) in [6.45, 7) is 0. The van der Waals surface area contributed by atoms with Crippen molar-refractivity contribution in [2.24, 2.45) is 0 Å². The Labute approximate surface area is 117 Å². The van der Waals surface area contributed by atoms with Crippen molar-refractivity contribution in [1.82, 2.24) is 0 Å². The zero-order valence-electron chi connectivity index (χ0n) is 9.26. The van der Waals surface area contributed by atoms with Crippen molar-refractivity contribution in [2.75, 3.05) is 5.88 Å². The Morgan fingerprint density at radius 1 is 0.750 bits per heavy atom. The summed E-state index contributed by atoms with van der Waals surface area (Å²) >= 11 is 5.54. The summed E-state index contributed by atoms with van der Waals surface area (Å²) in [7, 11) is 0. The van der Waals surface area contributed by atoms with Gasteiger partial charge in [-0.25, -0.2) is 0 Å². The molecule has 0 aromatic carbocycles. The Balaban J connectivity index is 0.000000318. The van der Waals surface area contributed by atoms with Gasteiger partial charge in [0.2, 0.25) is 0 Å². The second-order valence-corrected chi connectivity index (χ2v) is 3.78. The number of hydrogen-bond donors (Lipinski definition) is 0. The van der Waals surface area contributed by atoms with Crippen LogP contribution in [0.2, 0.25) is 0 Å². The Bertz CT molecular complexity index is 121. The van der Waals surface area contributed by atoms with E-state index in [2.05, 4.69) is 25.7 Å². The van der Waals surface area contributed by atoms with Crippen molar-refractivity contribution >= 4 is 11.6 Å². The van der Waals surface area contributed by atoms with Crippen LogP contribution < -0.4 is 0 Å². The molecule has 2 aliphatic carbocycles. The van der Waals surface area contributed by atoms with Gasteiger partial charge < -0.3 is 0 Å². The van der Waals surface area contributed by atoms with Gasteiger partial charge in [-0.15, -0.1) is 11.6 Å². The zero-order chi connectivity index (χ0) is 10.8. The van der Waals surface area contributed by atoms with Gasteiger partial charge in [0.05, 0.1) is 0 Å². The van der Waals surface area contributed by atoms with Crippen LogP contribution in [0.5, 0.6) is 0 Å². The van der Waals surface area contributed by atoms with Crippen molar-refractivity contribution in [3.8, 4) is 0 Å². The van der Waals surface area contributed by atoms with Gasteiger partial charge in [0.25, 0.3) is 0 Å². The van der Waals surface area contributed by atoms with Crippen molar-refractivity contribution in [3.05, 3.63) is 63.7 Å². The molecule has 0 amide bonds. The van der Waals surface area contributed by atoms with Crippen LogP contribution in [0.25, 0.3) is 0 Å². The quantitative estimate of drug-likeness (QED) is 0.416. The molecule has 10 radical (unpaired) electrons. The van der Waals surface area contributed by atoms with E-state index >= 15 is 0 Å². The van der Waals surface area contributed by atoms with Crippen LogP contribution >= 0.6 is 11.6 Å². The maximum atomic E-state index is 5.54. The average Bonchev–Trinajstić information content (AvgIpc) is 2.94. The van der Waals surface area contributed by atoms with E-state index < -0.39 is 0 Å². The van der Waals surface area contributed by atoms with E-state index in [1.165, 1.54) is 18.8 Å². The van der Waals surface area contributed by atoms with Crippen LogP contribution in [0.3, 0.4) is 0 Å². The fraction of sp³-hybridized carbons (Fsp3) is 0.286. The summed E-state index contributed by atoms with van der Waals surface area (Å²) in [5.41, 5.74) is 0. The van der Waals surface area contributed by atoms with E-state index in [9.17, 15) is 0 Å². The Morgan fingerprint density at radius 2 is 1.25 bits per heavy atom. The fourth-order valence-corrected chi connectivity index (χ4v) is 1.51. The van der Waals surface area contributed by atoms with Crippen LogP contribution in [0.1, 0.15) is 19.3 Å². The van der Waals surface area contributed by atoms with E-state index in [4.69, 9.17) is 11.6 Å². The molecule has 0 bridgehead atoms. The molecule has 0 unspecified atom stereocenters. The smallest absolute Gasteiger partial charge is 0.0223 e. The number of rotatable bonds is 4. The molecule has 2 rings (SSSR count). The van der Waals surface area contributed by atoms with Crippen LogP contribution in [0.15, 0.2) is 0 Å². The maximum Gasteiger partial charge on any atom is 0.0223 e. The predicted molar refractivity (Wildman–Crippen MR) is 66.5 cm³/mol. The standard InChI is InChI=1S/C9H12Cl.C5H5.Fe/c10-8-4-3-7-9-5-1-2-6-9;1-2-4-5-3-1;/h1-2,5-6H,3-4,7-8H2;1-5H;. The summed E-state index contributed by atoms with van der Waals surface area (Å²) in [6.07, 6.45) is 22.0. The third kappa shape index (κ3) is 8.90. The summed E-state index contributed by atoms with van der Waals surface area (Å²) in [4.78, 5) is 0. The monoisotopic (exact) mass is 276 g/mol. The largest absolute Gasteiger partial charge is 0.127 e. The zero-order valence-corrected chi connectivity index (χ0v) is 11.1. The van der Waals surface area contributed by atoms with Crippen molar-refractivity contribution in [3.63, 3.8) is 0 Å². The maximum absolute atomic E-state index is 5.54. The first kappa shape index (κ1) is 16.8. The van der Waals surface area contributed by atoms with E-state index in [1.54, 1.807) is 0 Å². The SMILES string of the molecule is ClCCCC[C]1[CH][CH][CH][CH]1.[CH]1[CH][CH][CH][CH]1.[Fe]. The molecule has 0 aromatic rings. The third-order valence-electron chi connectivity index (χ3n) is 2.14. The normalized spacial score (nSPS) is 20.1. The second-order valence-electron chi connectivity index (χ2n) is 3.40. The minimum Gasteiger partial charge on any atom is -0.127 e. The Morgan fingerprint density at radius 3 is 1.69 bits per heavy atom. The van der Waals surface area contributed by atoms with E-state index in [1.807, 2.05) is 32.1 Å². The topological polar surface area (TPSA) is 0 Å². The van der Waals surface area contributed by atoms with Gasteiger partial charge in [-0.2, -0.15) is 0 Å². The molecule has 0 heterocycles.